The second-order valence-corrected chi connectivity index (χ2v) is 9.79. The average Bonchev–Trinajstić information content (AvgIpc) is 3.49. The van der Waals surface area contributed by atoms with Crippen LogP contribution < -0.4 is 9.47 Å². The molecular weight excluding hydrogens is 427 g/mol. The van der Waals surface area contributed by atoms with Gasteiger partial charge in [-0.15, -0.1) is 21.2 Å². The molecule has 3 aliphatic rings. The standard InChI is InChI=1S/C22H27ClN2O2S.ClH/c23-18-7-5-17(6-8-18)19(16-3-1-2-4-16)14-26-20-21(25-28-24-20)27-22-11-9-15(13-22)10-12-22;/h5-8,15-16,19H,1-4,9-14H2;1H/t15-,19?,22+;. The van der Waals surface area contributed by atoms with E-state index in [9.17, 15) is 0 Å². The van der Waals surface area contributed by atoms with Gasteiger partial charge in [0.05, 0.1) is 18.3 Å². The summed E-state index contributed by atoms with van der Waals surface area (Å²) in [6, 6.07) is 8.24. The quantitative estimate of drug-likeness (QED) is 0.467. The second kappa shape index (κ2) is 8.99. The van der Waals surface area contributed by atoms with Crippen molar-refractivity contribution < 1.29 is 9.47 Å². The van der Waals surface area contributed by atoms with Crippen molar-refractivity contribution >= 4 is 35.7 Å². The van der Waals surface area contributed by atoms with Crippen LogP contribution in [-0.4, -0.2) is 21.0 Å². The minimum atomic E-state index is -0.0143. The Balaban J connectivity index is 0.00000205. The number of rotatable bonds is 7. The Kier molecular flexibility index (Phi) is 6.57. The minimum Gasteiger partial charge on any atom is -0.473 e. The van der Waals surface area contributed by atoms with Gasteiger partial charge in [-0.2, -0.15) is 0 Å². The highest BCUT2D eigenvalue weighted by atomic mass is 35.5. The molecule has 2 aromatic rings. The highest BCUT2D eigenvalue weighted by Crippen LogP contribution is 2.50. The fourth-order valence-corrected chi connectivity index (χ4v) is 6.11. The van der Waals surface area contributed by atoms with E-state index in [1.165, 1.54) is 62.2 Å². The summed E-state index contributed by atoms with van der Waals surface area (Å²) in [5.74, 6) is 3.03. The highest BCUT2D eigenvalue weighted by molar-refractivity contribution is 6.99. The molecule has 1 atom stereocenters. The molecule has 3 fully saturated rings. The molecule has 1 aromatic carbocycles. The van der Waals surface area contributed by atoms with Crippen molar-refractivity contribution in [2.75, 3.05) is 6.61 Å². The van der Waals surface area contributed by atoms with Crippen LogP contribution in [0.1, 0.15) is 69.3 Å². The molecule has 3 aliphatic carbocycles. The van der Waals surface area contributed by atoms with Crippen molar-refractivity contribution in [3.63, 3.8) is 0 Å². The lowest BCUT2D eigenvalue weighted by atomic mass is 9.85. The molecule has 158 valence electrons. The van der Waals surface area contributed by atoms with E-state index in [-0.39, 0.29) is 18.0 Å². The van der Waals surface area contributed by atoms with Crippen LogP contribution in [0.15, 0.2) is 24.3 Å². The zero-order valence-corrected chi connectivity index (χ0v) is 18.9. The Labute approximate surface area is 188 Å². The normalized spacial score (nSPS) is 27.0. The molecule has 4 nitrogen and oxygen atoms in total. The van der Waals surface area contributed by atoms with Gasteiger partial charge in [-0.05, 0) is 74.5 Å². The number of benzene rings is 1. The molecule has 0 N–H and O–H groups in total. The van der Waals surface area contributed by atoms with Crippen LogP contribution in [0.4, 0.5) is 0 Å². The lowest BCUT2D eigenvalue weighted by molar-refractivity contribution is 0.0697. The summed E-state index contributed by atoms with van der Waals surface area (Å²) in [7, 11) is 0. The van der Waals surface area contributed by atoms with Gasteiger partial charge < -0.3 is 9.47 Å². The molecule has 0 aliphatic heterocycles. The lowest BCUT2D eigenvalue weighted by Gasteiger charge is -2.27. The van der Waals surface area contributed by atoms with E-state index < -0.39 is 0 Å². The Morgan fingerprint density at radius 2 is 1.72 bits per heavy atom. The number of aromatic nitrogens is 2. The van der Waals surface area contributed by atoms with Gasteiger partial charge in [0, 0.05) is 10.9 Å². The molecule has 0 spiro atoms. The molecule has 5 rings (SSSR count). The first-order valence-electron chi connectivity index (χ1n) is 10.6. The lowest BCUT2D eigenvalue weighted by Crippen LogP contribution is -2.30. The number of fused-ring (bicyclic) bond motifs is 2. The molecule has 1 heterocycles. The van der Waals surface area contributed by atoms with Crippen molar-refractivity contribution in [1.29, 1.82) is 0 Å². The van der Waals surface area contributed by atoms with Crippen LogP contribution in [0.25, 0.3) is 0 Å². The molecule has 2 bridgehead atoms. The Morgan fingerprint density at radius 1 is 1.03 bits per heavy atom. The first kappa shape index (κ1) is 21.2. The molecule has 0 radical (unpaired) electrons. The maximum atomic E-state index is 6.40. The molecule has 1 unspecified atom stereocenters. The fraction of sp³-hybridized carbons (Fsp3) is 0.636. The molecule has 0 saturated heterocycles. The summed E-state index contributed by atoms with van der Waals surface area (Å²) < 4.78 is 21.4. The van der Waals surface area contributed by atoms with Crippen LogP contribution in [0, 0.1) is 11.8 Å². The number of nitrogens with zero attached hydrogens (tertiary/aromatic N) is 2. The van der Waals surface area contributed by atoms with Crippen LogP contribution in [0.2, 0.25) is 5.02 Å². The number of ether oxygens (including phenoxy) is 2. The summed E-state index contributed by atoms with van der Waals surface area (Å²) in [5, 5.41) is 0.778. The minimum absolute atomic E-state index is 0. The molecule has 29 heavy (non-hydrogen) atoms. The van der Waals surface area contributed by atoms with Crippen molar-refractivity contribution in [1.82, 2.24) is 8.75 Å². The van der Waals surface area contributed by atoms with Crippen molar-refractivity contribution in [3.05, 3.63) is 34.9 Å². The zero-order chi connectivity index (χ0) is 19.0. The van der Waals surface area contributed by atoms with Gasteiger partial charge in [-0.3, -0.25) is 0 Å². The van der Waals surface area contributed by atoms with Crippen LogP contribution in [-0.2, 0) is 0 Å². The van der Waals surface area contributed by atoms with E-state index in [0.717, 1.165) is 23.8 Å². The maximum Gasteiger partial charge on any atom is 0.291 e. The molecule has 0 amide bonds. The van der Waals surface area contributed by atoms with Crippen LogP contribution >= 0.6 is 35.7 Å². The largest absolute Gasteiger partial charge is 0.473 e. The van der Waals surface area contributed by atoms with Crippen molar-refractivity contribution in [3.8, 4) is 11.8 Å². The summed E-state index contributed by atoms with van der Waals surface area (Å²) in [4.78, 5) is 0. The smallest absolute Gasteiger partial charge is 0.291 e. The first-order chi connectivity index (χ1) is 13.7. The van der Waals surface area contributed by atoms with E-state index in [1.54, 1.807) is 0 Å². The maximum absolute atomic E-state index is 6.40. The van der Waals surface area contributed by atoms with Crippen LogP contribution in [0.3, 0.4) is 0 Å². The number of hydrogen-bond donors (Lipinski definition) is 0. The van der Waals surface area contributed by atoms with Crippen molar-refractivity contribution in [2.24, 2.45) is 11.8 Å². The highest BCUT2D eigenvalue weighted by Gasteiger charge is 2.47. The molecule has 1 aromatic heterocycles. The fourth-order valence-electron chi connectivity index (χ4n) is 5.55. The monoisotopic (exact) mass is 454 g/mol. The predicted molar refractivity (Wildman–Crippen MR) is 119 cm³/mol. The first-order valence-corrected chi connectivity index (χ1v) is 11.7. The van der Waals surface area contributed by atoms with E-state index >= 15 is 0 Å². The Morgan fingerprint density at radius 3 is 2.38 bits per heavy atom. The average molecular weight is 455 g/mol. The van der Waals surface area contributed by atoms with Crippen molar-refractivity contribution in [2.45, 2.75) is 69.3 Å². The topological polar surface area (TPSA) is 44.2 Å². The Bertz CT molecular complexity index is 799. The zero-order valence-electron chi connectivity index (χ0n) is 16.5. The van der Waals surface area contributed by atoms with Gasteiger partial charge in [-0.1, -0.05) is 36.6 Å². The van der Waals surface area contributed by atoms with Gasteiger partial charge in [0.25, 0.3) is 11.8 Å². The SMILES string of the molecule is Cl.Clc1ccc(C(COc2nsnc2O[C@]23CC[C@@H](CC2)C3)C2CCCC2)cc1. The summed E-state index contributed by atoms with van der Waals surface area (Å²) in [5.41, 5.74) is 1.29. The number of hydrogen-bond acceptors (Lipinski definition) is 5. The summed E-state index contributed by atoms with van der Waals surface area (Å²) in [6.45, 7) is 0.615. The van der Waals surface area contributed by atoms with Crippen LogP contribution in [0.5, 0.6) is 11.8 Å². The van der Waals surface area contributed by atoms with Gasteiger partial charge in [0.1, 0.15) is 5.60 Å². The van der Waals surface area contributed by atoms with Gasteiger partial charge >= 0.3 is 0 Å². The molecule has 3 saturated carbocycles. The van der Waals surface area contributed by atoms with E-state index in [0.29, 0.717) is 30.2 Å². The van der Waals surface area contributed by atoms with Gasteiger partial charge in [-0.25, -0.2) is 0 Å². The third kappa shape index (κ3) is 4.52. The molecule has 7 heteroatoms. The Hall–Kier alpha value is -1.04. The molecular formula is C22H28Cl2N2O2S. The summed E-state index contributed by atoms with van der Waals surface area (Å²) in [6.07, 6.45) is 11.2. The van der Waals surface area contributed by atoms with E-state index in [2.05, 4.69) is 20.9 Å². The second-order valence-electron chi connectivity index (χ2n) is 8.82. The summed E-state index contributed by atoms with van der Waals surface area (Å²) >= 11 is 7.29. The van der Waals surface area contributed by atoms with Gasteiger partial charge in [0.15, 0.2) is 0 Å². The number of halogens is 2. The van der Waals surface area contributed by atoms with E-state index in [1.807, 2.05) is 12.1 Å². The van der Waals surface area contributed by atoms with Gasteiger partial charge in [0.2, 0.25) is 0 Å². The third-order valence-electron chi connectivity index (χ3n) is 7.09. The predicted octanol–water partition coefficient (Wildman–Crippen LogP) is 6.68. The van der Waals surface area contributed by atoms with E-state index in [4.69, 9.17) is 21.1 Å². The third-order valence-corrected chi connectivity index (χ3v) is 7.83.